The van der Waals surface area contributed by atoms with Crippen molar-refractivity contribution in [3.63, 3.8) is 0 Å². The minimum Gasteiger partial charge on any atom is -0.481 e. The molecule has 0 saturated carbocycles. The van der Waals surface area contributed by atoms with Crippen molar-refractivity contribution in [1.82, 2.24) is 10.3 Å². The summed E-state index contributed by atoms with van der Waals surface area (Å²) in [6, 6.07) is 3.65. The van der Waals surface area contributed by atoms with E-state index in [-0.39, 0.29) is 5.91 Å². The van der Waals surface area contributed by atoms with Gasteiger partial charge in [-0.25, -0.2) is 4.98 Å². The Hall–Kier alpha value is -1.84. The largest absolute Gasteiger partial charge is 0.481 e. The van der Waals surface area contributed by atoms with E-state index in [9.17, 15) is 4.79 Å². The number of carbonyl (C=O) groups excluding carboxylic acids is 1. The number of amides is 1. The first kappa shape index (κ1) is 13.2. The van der Waals surface area contributed by atoms with Gasteiger partial charge in [-0.1, -0.05) is 19.1 Å². The van der Waals surface area contributed by atoms with Gasteiger partial charge in [-0.15, -0.1) is 0 Å². The predicted molar refractivity (Wildman–Crippen MR) is 66.7 cm³/mol. The predicted octanol–water partition coefficient (Wildman–Crippen LogP) is 2.06. The van der Waals surface area contributed by atoms with Crippen molar-refractivity contribution >= 4 is 5.91 Å². The van der Waals surface area contributed by atoms with Crippen LogP contribution in [0.25, 0.3) is 0 Å². The zero-order valence-electron chi connectivity index (χ0n) is 10.5. The molecule has 1 N–H and O–H groups in total. The topological polar surface area (TPSA) is 51.2 Å². The van der Waals surface area contributed by atoms with Crippen molar-refractivity contribution in [1.29, 1.82) is 0 Å². The van der Waals surface area contributed by atoms with E-state index in [1.54, 1.807) is 19.4 Å². The van der Waals surface area contributed by atoms with Crippen molar-refractivity contribution < 1.29 is 9.53 Å². The zero-order valence-corrected chi connectivity index (χ0v) is 10.5. The number of rotatable bonds is 5. The maximum atomic E-state index is 11.6. The van der Waals surface area contributed by atoms with Gasteiger partial charge >= 0.3 is 0 Å². The van der Waals surface area contributed by atoms with Crippen molar-refractivity contribution in [2.75, 3.05) is 7.11 Å². The molecule has 0 fully saturated rings. The van der Waals surface area contributed by atoms with Crippen LogP contribution in [0.2, 0.25) is 0 Å². The van der Waals surface area contributed by atoms with E-state index in [4.69, 9.17) is 4.74 Å². The SMILES string of the molecule is CC/C=C(/C)C(=O)NCc1ccc(OC)nc1. The lowest BCUT2D eigenvalue weighted by molar-refractivity contribution is -0.117. The highest BCUT2D eigenvalue weighted by Crippen LogP contribution is 2.06. The molecule has 0 aliphatic heterocycles. The zero-order chi connectivity index (χ0) is 12.7. The summed E-state index contributed by atoms with van der Waals surface area (Å²) >= 11 is 0. The molecule has 0 atom stereocenters. The van der Waals surface area contributed by atoms with Gasteiger partial charge < -0.3 is 10.1 Å². The molecule has 4 heteroatoms. The third-order valence-corrected chi connectivity index (χ3v) is 2.33. The molecule has 0 saturated heterocycles. The molecule has 0 aliphatic carbocycles. The highest BCUT2D eigenvalue weighted by Gasteiger charge is 2.03. The summed E-state index contributed by atoms with van der Waals surface area (Å²) in [6.07, 6.45) is 4.46. The van der Waals surface area contributed by atoms with Crippen LogP contribution in [0.4, 0.5) is 0 Å². The van der Waals surface area contributed by atoms with E-state index in [1.165, 1.54) is 0 Å². The number of hydrogen-bond donors (Lipinski definition) is 1. The van der Waals surface area contributed by atoms with E-state index in [0.29, 0.717) is 12.4 Å². The standard InChI is InChI=1S/C13H18N2O2/c1-4-5-10(2)13(16)15-9-11-6-7-12(17-3)14-8-11/h5-8H,4,9H2,1-3H3,(H,15,16)/b10-5-. The molecular formula is C13H18N2O2. The van der Waals surface area contributed by atoms with E-state index in [1.807, 2.05) is 26.0 Å². The molecule has 92 valence electrons. The van der Waals surface area contributed by atoms with Crippen LogP contribution in [0.1, 0.15) is 25.8 Å². The molecule has 1 rings (SSSR count). The second-order valence-corrected chi connectivity index (χ2v) is 3.69. The highest BCUT2D eigenvalue weighted by molar-refractivity contribution is 5.92. The third kappa shape index (κ3) is 4.26. The Labute approximate surface area is 102 Å². The van der Waals surface area contributed by atoms with Crippen LogP contribution < -0.4 is 10.1 Å². The smallest absolute Gasteiger partial charge is 0.246 e. The summed E-state index contributed by atoms with van der Waals surface area (Å²) in [7, 11) is 1.57. The molecule has 0 spiro atoms. The number of ether oxygens (including phenoxy) is 1. The molecule has 0 aromatic carbocycles. The molecule has 0 aliphatic rings. The van der Waals surface area contributed by atoms with Crippen molar-refractivity contribution in [2.45, 2.75) is 26.8 Å². The molecule has 0 bridgehead atoms. The van der Waals surface area contributed by atoms with Crippen LogP contribution >= 0.6 is 0 Å². The monoisotopic (exact) mass is 234 g/mol. The molecule has 17 heavy (non-hydrogen) atoms. The number of carbonyl (C=O) groups is 1. The molecule has 0 radical (unpaired) electrons. The van der Waals surface area contributed by atoms with E-state index >= 15 is 0 Å². The van der Waals surface area contributed by atoms with Crippen LogP contribution in [0, 0.1) is 0 Å². The number of allylic oxidation sites excluding steroid dienone is 1. The number of nitrogens with one attached hydrogen (secondary N) is 1. The van der Waals surface area contributed by atoms with Gasteiger partial charge in [0.2, 0.25) is 11.8 Å². The molecule has 1 heterocycles. The van der Waals surface area contributed by atoms with Gasteiger partial charge in [-0.05, 0) is 18.9 Å². The van der Waals surface area contributed by atoms with Gasteiger partial charge in [0, 0.05) is 24.4 Å². The van der Waals surface area contributed by atoms with Gasteiger partial charge in [0.05, 0.1) is 7.11 Å². The number of pyridine rings is 1. The lowest BCUT2D eigenvalue weighted by atomic mass is 10.2. The Kier molecular flexibility index (Phi) is 5.20. The number of nitrogens with zero attached hydrogens (tertiary/aromatic N) is 1. The molecule has 1 aromatic rings. The second kappa shape index (κ2) is 6.68. The first-order valence-corrected chi connectivity index (χ1v) is 5.61. The summed E-state index contributed by atoms with van der Waals surface area (Å²) in [5.74, 6) is 0.532. The van der Waals surface area contributed by atoms with Crippen LogP contribution in [-0.2, 0) is 11.3 Å². The molecule has 0 unspecified atom stereocenters. The van der Waals surface area contributed by atoms with Crippen LogP contribution in [0.15, 0.2) is 30.0 Å². The minimum atomic E-state index is -0.0392. The van der Waals surface area contributed by atoms with Crippen LogP contribution in [0.5, 0.6) is 5.88 Å². The Morgan fingerprint density at radius 2 is 2.29 bits per heavy atom. The first-order valence-electron chi connectivity index (χ1n) is 5.61. The average Bonchev–Trinajstić information content (AvgIpc) is 2.36. The maximum absolute atomic E-state index is 11.6. The normalized spacial score (nSPS) is 11.1. The molecular weight excluding hydrogens is 216 g/mol. The van der Waals surface area contributed by atoms with E-state index < -0.39 is 0 Å². The number of aromatic nitrogens is 1. The summed E-state index contributed by atoms with van der Waals surface area (Å²) in [6.45, 7) is 4.29. The summed E-state index contributed by atoms with van der Waals surface area (Å²) in [5, 5.41) is 2.83. The Morgan fingerprint density at radius 3 is 2.82 bits per heavy atom. The Morgan fingerprint density at radius 1 is 1.53 bits per heavy atom. The van der Waals surface area contributed by atoms with Gasteiger partial charge in [-0.3, -0.25) is 4.79 Å². The van der Waals surface area contributed by atoms with Crippen LogP contribution in [0.3, 0.4) is 0 Å². The lowest BCUT2D eigenvalue weighted by Crippen LogP contribution is -2.23. The second-order valence-electron chi connectivity index (χ2n) is 3.69. The van der Waals surface area contributed by atoms with Gasteiger partial charge in [0.1, 0.15) is 0 Å². The fraction of sp³-hybridized carbons (Fsp3) is 0.385. The van der Waals surface area contributed by atoms with Crippen molar-refractivity contribution in [2.24, 2.45) is 0 Å². The van der Waals surface area contributed by atoms with E-state index in [0.717, 1.165) is 17.6 Å². The maximum Gasteiger partial charge on any atom is 0.246 e. The van der Waals surface area contributed by atoms with Crippen LogP contribution in [-0.4, -0.2) is 18.0 Å². The average molecular weight is 234 g/mol. The first-order chi connectivity index (χ1) is 8.17. The Balaban J connectivity index is 2.50. The minimum absolute atomic E-state index is 0.0392. The molecule has 1 aromatic heterocycles. The summed E-state index contributed by atoms with van der Waals surface area (Å²) in [4.78, 5) is 15.7. The number of hydrogen-bond acceptors (Lipinski definition) is 3. The quantitative estimate of drug-likeness (QED) is 0.793. The van der Waals surface area contributed by atoms with Gasteiger partial charge in [-0.2, -0.15) is 0 Å². The lowest BCUT2D eigenvalue weighted by Gasteiger charge is -2.05. The van der Waals surface area contributed by atoms with Gasteiger partial charge in [0.25, 0.3) is 0 Å². The molecule has 4 nitrogen and oxygen atoms in total. The third-order valence-electron chi connectivity index (χ3n) is 2.33. The van der Waals surface area contributed by atoms with Crippen molar-refractivity contribution in [3.05, 3.63) is 35.5 Å². The van der Waals surface area contributed by atoms with E-state index in [2.05, 4.69) is 10.3 Å². The number of methoxy groups -OCH3 is 1. The van der Waals surface area contributed by atoms with Gasteiger partial charge in [0.15, 0.2) is 0 Å². The highest BCUT2D eigenvalue weighted by atomic mass is 16.5. The fourth-order valence-electron chi connectivity index (χ4n) is 1.36. The van der Waals surface area contributed by atoms with Crippen molar-refractivity contribution in [3.8, 4) is 5.88 Å². The Bertz CT molecular complexity index is 396. The molecule has 1 amide bonds. The summed E-state index contributed by atoms with van der Waals surface area (Å²) in [5.41, 5.74) is 1.69. The fourth-order valence-corrected chi connectivity index (χ4v) is 1.36. The summed E-state index contributed by atoms with van der Waals surface area (Å²) < 4.78 is 4.96.